The van der Waals surface area contributed by atoms with Crippen LogP contribution < -0.4 is 10.6 Å². The van der Waals surface area contributed by atoms with Gasteiger partial charge in [0.2, 0.25) is 5.91 Å². The van der Waals surface area contributed by atoms with E-state index in [1.807, 2.05) is 0 Å². The van der Waals surface area contributed by atoms with Crippen LogP contribution in [0, 0.1) is 0 Å². The molecule has 1 aromatic carbocycles. The van der Waals surface area contributed by atoms with E-state index in [0.29, 0.717) is 24.4 Å². The number of halogens is 1. The zero-order chi connectivity index (χ0) is 15.0. The molecule has 0 radical (unpaired) electrons. The van der Waals surface area contributed by atoms with Gasteiger partial charge in [0.15, 0.2) is 0 Å². The van der Waals surface area contributed by atoms with E-state index in [4.69, 9.17) is 4.74 Å². The van der Waals surface area contributed by atoms with Gasteiger partial charge < -0.3 is 20.3 Å². The zero-order valence-corrected chi connectivity index (χ0v) is 13.3. The lowest BCUT2D eigenvalue weighted by atomic mass is 10.2. The summed E-state index contributed by atoms with van der Waals surface area (Å²) in [5.74, 6) is -0.197. The second kappa shape index (κ2) is 10.1. The monoisotopic (exact) mass is 315 g/mol. The van der Waals surface area contributed by atoms with E-state index in [1.165, 1.54) is 4.90 Å². The van der Waals surface area contributed by atoms with Gasteiger partial charge in [-0.2, -0.15) is 0 Å². The molecule has 0 atom stereocenters. The van der Waals surface area contributed by atoms with Gasteiger partial charge in [0.05, 0.1) is 13.2 Å². The summed E-state index contributed by atoms with van der Waals surface area (Å²) in [5, 5.41) is 5.70. The third-order valence-corrected chi connectivity index (χ3v) is 2.59. The number of methoxy groups -OCH3 is 1. The minimum absolute atomic E-state index is 0. The van der Waals surface area contributed by atoms with Crippen molar-refractivity contribution >= 4 is 29.9 Å². The molecule has 21 heavy (non-hydrogen) atoms. The van der Waals surface area contributed by atoms with Crippen LogP contribution in [0.25, 0.3) is 0 Å². The van der Waals surface area contributed by atoms with Crippen molar-refractivity contribution in [1.29, 1.82) is 0 Å². The summed E-state index contributed by atoms with van der Waals surface area (Å²) in [6.45, 7) is 1.41. The van der Waals surface area contributed by atoms with Gasteiger partial charge in [0.1, 0.15) is 0 Å². The molecule has 7 heteroatoms. The SMILES string of the molecule is COCCNCC(=O)Nc1ccc(C(=O)N(C)C)cc1.Cl. The highest BCUT2D eigenvalue weighted by atomic mass is 35.5. The number of hydrogen-bond donors (Lipinski definition) is 2. The average Bonchev–Trinajstić information content (AvgIpc) is 2.43. The van der Waals surface area contributed by atoms with Crippen LogP contribution in [-0.2, 0) is 9.53 Å². The molecule has 0 unspecified atom stereocenters. The molecule has 2 N–H and O–H groups in total. The molecule has 1 rings (SSSR count). The highest BCUT2D eigenvalue weighted by molar-refractivity contribution is 5.95. The maximum absolute atomic E-state index is 11.7. The summed E-state index contributed by atoms with van der Waals surface area (Å²) >= 11 is 0. The van der Waals surface area contributed by atoms with E-state index in [9.17, 15) is 9.59 Å². The number of amides is 2. The maximum atomic E-state index is 11.7. The maximum Gasteiger partial charge on any atom is 0.253 e. The smallest absolute Gasteiger partial charge is 0.253 e. The molecule has 0 aliphatic rings. The lowest BCUT2D eigenvalue weighted by Gasteiger charge is -2.11. The first-order chi connectivity index (χ1) is 9.54. The number of nitrogens with zero attached hydrogens (tertiary/aromatic N) is 1. The average molecular weight is 316 g/mol. The number of rotatable bonds is 7. The second-order valence-electron chi connectivity index (χ2n) is 4.49. The minimum atomic E-state index is -0.132. The van der Waals surface area contributed by atoms with Gasteiger partial charge in [0.25, 0.3) is 5.91 Å². The van der Waals surface area contributed by atoms with Crippen LogP contribution in [-0.4, -0.2) is 57.6 Å². The normalized spacial score (nSPS) is 9.67. The van der Waals surface area contributed by atoms with Crippen molar-refractivity contribution in [3.63, 3.8) is 0 Å². The second-order valence-corrected chi connectivity index (χ2v) is 4.49. The van der Waals surface area contributed by atoms with E-state index in [1.54, 1.807) is 45.5 Å². The molecule has 0 fully saturated rings. The van der Waals surface area contributed by atoms with Crippen molar-refractivity contribution < 1.29 is 14.3 Å². The van der Waals surface area contributed by atoms with E-state index in [0.717, 1.165) is 0 Å². The first-order valence-corrected chi connectivity index (χ1v) is 6.36. The van der Waals surface area contributed by atoms with Gasteiger partial charge in [-0.1, -0.05) is 0 Å². The molecule has 6 nitrogen and oxygen atoms in total. The van der Waals surface area contributed by atoms with Crippen molar-refractivity contribution in [2.24, 2.45) is 0 Å². The summed E-state index contributed by atoms with van der Waals surface area (Å²) in [4.78, 5) is 24.8. The van der Waals surface area contributed by atoms with Crippen LogP contribution in [0.5, 0.6) is 0 Å². The Morgan fingerprint density at radius 1 is 1.19 bits per heavy atom. The van der Waals surface area contributed by atoms with Crippen molar-refractivity contribution in [3.05, 3.63) is 29.8 Å². The fourth-order valence-electron chi connectivity index (χ4n) is 1.54. The van der Waals surface area contributed by atoms with Crippen LogP contribution in [0.3, 0.4) is 0 Å². The Bertz CT molecular complexity index is 449. The van der Waals surface area contributed by atoms with Crippen molar-refractivity contribution in [2.45, 2.75) is 0 Å². The Labute approximate surface area is 131 Å². The van der Waals surface area contributed by atoms with Crippen LogP contribution in [0.15, 0.2) is 24.3 Å². The molecule has 0 heterocycles. The lowest BCUT2D eigenvalue weighted by molar-refractivity contribution is -0.115. The molecule has 0 saturated heterocycles. The Morgan fingerprint density at radius 3 is 2.33 bits per heavy atom. The molecule has 0 saturated carbocycles. The summed E-state index contributed by atoms with van der Waals surface area (Å²) < 4.78 is 4.87. The fraction of sp³-hybridized carbons (Fsp3) is 0.429. The Balaban J connectivity index is 0.00000400. The van der Waals surface area contributed by atoms with Crippen LogP contribution in [0.4, 0.5) is 5.69 Å². The number of nitrogens with one attached hydrogen (secondary N) is 2. The molecule has 0 bridgehead atoms. The van der Waals surface area contributed by atoms with Crippen LogP contribution >= 0.6 is 12.4 Å². The Kier molecular flexibility index (Phi) is 9.36. The summed E-state index contributed by atoms with van der Waals surface area (Å²) in [6, 6.07) is 6.81. The fourth-order valence-corrected chi connectivity index (χ4v) is 1.54. The highest BCUT2D eigenvalue weighted by Gasteiger charge is 2.08. The molecular weight excluding hydrogens is 294 g/mol. The number of benzene rings is 1. The van der Waals surface area contributed by atoms with Crippen molar-refractivity contribution in [1.82, 2.24) is 10.2 Å². The summed E-state index contributed by atoms with van der Waals surface area (Å²) in [6.07, 6.45) is 0. The third-order valence-electron chi connectivity index (χ3n) is 2.59. The predicted molar refractivity (Wildman–Crippen MR) is 85.1 cm³/mol. The number of carbonyl (C=O) groups excluding carboxylic acids is 2. The Morgan fingerprint density at radius 2 is 1.81 bits per heavy atom. The standard InChI is InChI=1S/C14H21N3O3.ClH/c1-17(2)14(19)11-4-6-12(7-5-11)16-13(18)10-15-8-9-20-3;/h4-7,15H,8-10H2,1-3H3,(H,16,18);1H. The van der Waals surface area contributed by atoms with Crippen molar-refractivity contribution in [2.75, 3.05) is 46.2 Å². The molecule has 0 aliphatic heterocycles. The molecule has 0 aliphatic carbocycles. The van der Waals surface area contributed by atoms with Crippen LogP contribution in [0.2, 0.25) is 0 Å². The minimum Gasteiger partial charge on any atom is -0.383 e. The van der Waals surface area contributed by atoms with E-state index < -0.39 is 0 Å². The Hall–Kier alpha value is -1.63. The first kappa shape index (κ1) is 19.4. The summed E-state index contributed by atoms with van der Waals surface area (Å²) in [7, 11) is 5.01. The highest BCUT2D eigenvalue weighted by Crippen LogP contribution is 2.10. The first-order valence-electron chi connectivity index (χ1n) is 6.36. The number of hydrogen-bond acceptors (Lipinski definition) is 4. The van der Waals surface area contributed by atoms with Crippen molar-refractivity contribution in [3.8, 4) is 0 Å². The number of ether oxygens (including phenoxy) is 1. The molecular formula is C14H22ClN3O3. The topological polar surface area (TPSA) is 70.7 Å². The lowest BCUT2D eigenvalue weighted by Crippen LogP contribution is -2.30. The van der Waals surface area contributed by atoms with Gasteiger partial charge >= 0.3 is 0 Å². The number of carbonyl (C=O) groups is 2. The predicted octanol–water partition coefficient (Wildman–Crippen LogP) is 0.985. The van der Waals surface area contributed by atoms with E-state index in [2.05, 4.69) is 10.6 Å². The van der Waals surface area contributed by atoms with Gasteiger partial charge in [-0.05, 0) is 24.3 Å². The molecule has 2 amide bonds. The molecule has 0 spiro atoms. The largest absolute Gasteiger partial charge is 0.383 e. The zero-order valence-electron chi connectivity index (χ0n) is 12.5. The summed E-state index contributed by atoms with van der Waals surface area (Å²) in [5.41, 5.74) is 1.25. The van der Waals surface area contributed by atoms with Gasteiger partial charge in [-0.25, -0.2) is 0 Å². The van der Waals surface area contributed by atoms with E-state index >= 15 is 0 Å². The van der Waals surface area contributed by atoms with Crippen LogP contribution in [0.1, 0.15) is 10.4 Å². The third kappa shape index (κ3) is 7.08. The molecule has 0 aromatic heterocycles. The van der Waals surface area contributed by atoms with Gasteiger partial charge in [-0.15, -0.1) is 12.4 Å². The van der Waals surface area contributed by atoms with Gasteiger partial charge in [0, 0.05) is 39.0 Å². The van der Waals surface area contributed by atoms with E-state index in [-0.39, 0.29) is 30.8 Å². The number of anilines is 1. The van der Waals surface area contributed by atoms with Gasteiger partial charge in [-0.3, -0.25) is 9.59 Å². The molecule has 118 valence electrons. The molecule has 1 aromatic rings. The quantitative estimate of drug-likeness (QED) is 0.736.